The number of phenolic OH excluding ortho intramolecular Hbond substituents is 1. The normalized spacial score (nSPS) is 14.5. The summed E-state index contributed by atoms with van der Waals surface area (Å²) in [6.07, 6.45) is 3.96. The van der Waals surface area contributed by atoms with Crippen LogP contribution >= 0.6 is 0 Å². The first-order chi connectivity index (χ1) is 13.2. The monoisotopic (exact) mass is 366 g/mol. The van der Waals surface area contributed by atoms with Gasteiger partial charge in [0, 0.05) is 13.1 Å². The van der Waals surface area contributed by atoms with Gasteiger partial charge in [-0.25, -0.2) is 0 Å². The molecule has 2 aromatic rings. The van der Waals surface area contributed by atoms with Gasteiger partial charge in [0.1, 0.15) is 11.5 Å². The number of hydrogen-bond acceptors (Lipinski definition) is 4. The van der Waals surface area contributed by atoms with Gasteiger partial charge in [0.15, 0.2) is 0 Å². The molecule has 0 fully saturated rings. The number of carbonyl (C=O) groups excluding carboxylic acids is 1. The quantitative estimate of drug-likeness (QED) is 0.780. The van der Waals surface area contributed by atoms with Crippen LogP contribution in [-0.4, -0.2) is 42.2 Å². The second kappa shape index (κ2) is 9.24. The summed E-state index contributed by atoms with van der Waals surface area (Å²) in [7, 11) is 0. The molecule has 1 aliphatic rings. The van der Waals surface area contributed by atoms with E-state index in [0.29, 0.717) is 24.6 Å². The first-order valence-corrected chi connectivity index (χ1v) is 9.38. The van der Waals surface area contributed by atoms with Crippen molar-refractivity contribution in [2.24, 2.45) is 0 Å². The molecule has 0 aliphatic carbocycles. The Labute approximate surface area is 160 Å². The van der Waals surface area contributed by atoms with Gasteiger partial charge in [-0.3, -0.25) is 9.69 Å². The van der Waals surface area contributed by atoms with Gasteiger partial charge in [0.25, 0.3) is 0 Å². The first kappa shape index (κ1) is 19.0. The molecule has 0 spiro atoms. The lowest BCUT2D eigenvalue weighted by molar-refractivity contribution is -0.117. The van der Waals surface area contributed by atoms with E-state index < -0.39 is 0 Å². The Morgan fingerprint density at radius 3 is 2.67 bits per heavy atom. The van der Waals surface area contributed by atoms with Gasteiger partial charge in [-0.05, 0) is 48.2 Å². The number of anilines is 1. The molecule has 5 nitrogen and oxygen atoms in total. The molecule has 0 radical (unpaired) electrons. The third-order valence-corrected chi connectivity index (χ3v) is 4.52. The summed E-state index contributed by atoms with van der Waals surface area (Å²) in [5.41, 5.74) is 3.09. The Kier molecular flexibility index (Phi) is 6.49. The number of aromatic hydroxyl groups is 1. The van der Waals surface area contributed by atoms with Gasteiger partial charge >= 0.3 is 0 Å². The van der Waals surface area contributed by atoms with Crippen molar-refractivity contribution in [3.8, 4) is 11.5 Å². The highest BCUT2D eigenvalue weighted by molar-refractivity contribution is 5.93. The second-order valence-electron chi connectivity index (χ2n) is 6.65. The molecule has 1 heterocycles. The van der Waals surface area contributed by atoms with Gasteiger partial charge in [0.2, 0.25) is 5.91 Å². The van der Waals surface area contributed by atoms with Crippen LogP contribution in [0.5, 0.6) is 11.5 Å². The molecular weight excluding hydrogens is 340 g/mol. The molecule has 142 valence electrons. The number of carbonyl (C=O) groups is 1. The maximum Gasteiger partial charge on any atom is 0.238 e. The summed E-state index contributed by atoms with van der Waals surface area (Å²) >= 11 is 0. The molecule has 5 heteroatoms. The minimum atomic E-state index is -0.0379. The lowest BCUT2D eigenvalue weighted by atomic mass is 9.99. The standard InChI is InChI=1S/C22H26N2O3/c1-2-15-27-21-6-4-3-5-20(21)23-22(26)16-24-13-11-18(12-14-24)17-7-9-19(25)10-8-17/h3-11,25H,2,12-16H2,1H3,(H,23,26). The fourth-order valence-corrected chi connectivity index (χ4v) is 3.09. The Hall–Kier alpha value is -2.79. The molecule has 0 unspecified atom stereocenters. The highest BCUT2D eigenvalue weighted by Gasteiger charge is 2.16. The van der Waals surface area contributed by atoms with Crippen LogP contribution < -0.4 is 10.1 Å². The van der Waals surface area contributed by atoms with Crippen LogP contribution in [0.25, 0.3) is 5.57 Å². The highest BCUT2D eigenvalue weighted by Crippen LogP contribution is 2.25. The number of rotatable bonds is 7. The molecule has 1 amide bonds. The zero-order chi connectivity index (χ0) is 19.1. The van der Waals surface area contributed by atoms with Gasteiger partial charge < -0.3 is 15.2 Å². The lowest BCUT2D eigenvalue weighted by Crippen LogP contribution is -2.36. The predicted octanol–water partition coefficient (Wildman–Crippen LogP) is 3.91. The average Bonchev–Trinajstić information content (AvgIpc) is 2.68. The summed E-state index contributed by atoms with van der Waals surface area (Å²) in [5.74, 6) is 0.946. The van der Waals surface area contributed by atoms with Crippen LogP contribution in [0.3, 0.4) is 0 Å². The van der Waals surface area contributed by atoms with Crippen molar-refractivity contribution >= 4 is 17.2 Å². The zero-order valence-electron chi connectivity index (χ0n) is 15.6. The maximum atomic E-state index is 12.4. The van der Waals surface area contributed by atoms with E-state index in [1.165, 1.54) is 5.57 Å². The number of nitrogens with zero attached hydrogens (tertiary/aromatic N) is 1. The molecule has 3 rings (SSSR count). The Bertz CT molecular complexity index is 799. The molecule has 27 heavy (non-hydrogen) atoms. The van der Waals surface area contributed by atoms with Crippen LogP contribution in [0.4, 0.5) is 5.69 Å². The largest absolute Gasteiger partial charge is 0.508 e. The van der Waals surface area contributed by atoms with E-state index >= 15 is 0 Å². The fourth-order valence-electron chi connectivity index (χ4n) is 3.09. The molecule has 0 saturated heterocycles. The Morgan fingerprint density at radius 1 is 1.19 bits per heavy atom. The van der Waals surface area contributed by atoms with Crippen LogP contribution in [0.1, 0.15) is 25.3 Å². The van der Waals surface area contributed by atoms with Crippen molar-refractivity contribution in [2.45, 2.75) is 19.8 Å². The fraction of sp³-hybridized carbons (Fsp3) is 0.318. The van der Waals surface area contributed by atoms with Crippen molar-refractivity contribution in [1.82, 2.24) is 4.90 Å². The maximum absolute atomic E-state index is 12.4. The third kappa shape index (κ3) is 5.34. The summed E-state index contributed by atoms with van der Waals surface area (Å²) < 4.78 is 5.69. The van der Waals surface area contributed by atoms with E-state index in [1.54, 1.807) is 12.1 Å². The summed E-state index contributed by atoms with van der Waals surface area (Å²) in [6, 6.07) is 14.8. The van der Waals surface area contributed by atoms with Crippen molar-refractivity contribution in [1.29, 1.82) is 0 Å². The number of ether oxygens (including phenoxy) is 1. The minimum absolute atomic E-state index is 0.0379. The number of para-hydroxylation sites is 2. The van der Waals surface area contributed by atoms with Gasteiger partial charge in [-0.15, -0.1) is 0 Å². The van der Waals surface area contributed by atoms with Crippen LogP contribution in [0.15, 0.2) is 54.6 Å². The van der Waals surface area contributed by atoms with Crippen molar-refractivity contribution in [3.63, 3.8) is 0 Å². The van der Waals surface area contributed by atoms with Crippen LogP contribution in [0, 0.1) is 0 Å². The molecule has 0 saturated carbocycles. The average molecular weight is 366 g/mol. The SMILES string of the molecule is CCCOc1ccccc1NC(=O)CN1CC=C(c2ccc(O)cc2)CC1. The summed E-state index contributed by atoms with van der Waals surface area (Å²) in [6.45, 7) is 4.59. The lowest BCUT2D eigenvalue weighted by Gasteiger charge is -2.26. The van der Waals surface area contributed by atoms with E-state index in [0.717, 1.165) is 31.5 Å². The molecule has 1 aliphatic heterocycles. The summed E-state index contributed by atoms with van der Waals surface area (Å²) in [5, 5.41) is 12.4. The topological polar surface area (TPSA) is 61.8 Å². The van der Waals surface area contributed by atoms with E-state index in [1.807, 2.05) is 36.4 Å². The number of phenols is 1. The van der Waals surface area contributed by atoms with E-state index in [-0.39, 0.29) is 11.7 Å². The highest BCUT2D eigenvalue weighted by atomic mass is 16.5. The molecule has 0 aromatic heterocycles. The van der Waals surface area contributed by atoms with Crippen LogP contribution in [-0.2, 0) is 4.79 Å². The van der Waals surface area contributed by atoms with Crippen LogP contribution in [0.2, 0.25) is 0 Å². The number of benzene rings is 2. The number of hydrogen-bond donors (Lipinski definition) is 2. The second-order valence-corrected chi connectivity index (χ2v) is 6.65. The molecule has 0 atom stereocenters. The van der Waals surface area contributed by atoms with Gasteiger partial charge in [0.05, 0.1) is 18.8 Å². The smallest absolute Gasteiger partial charge is 0.238 e. The van der Waals surface area contributed by atoms with Gasteiger partial charge in [-0.2, -0.15) is 0 Å². The summed E-state index contributed by atoms with van der Waals surface area (Å²) in [4.78, 5) is 14.6. The zero-order valence-corrected chi connectivity index (χ0v) is 15.6. The third-order valence-electron chi connectivity index (χ3n) is 4.52. The minimum Gasteiger partial charge on any atom is -0.508 e. The Balaban J connectivity index is 1.54. The first-order valence-electron chi connectivity index (χ1n) is 9.38. The molecule has 2 N–H and O–H groups in total. The van der Waals surface area contributed by atoms with E-state index in [9.17, 15) is 9.90 Å². The predicted molar refractivity (Wildman–Crippen MR) is 108 cm³/mol. The molecule has 0 bridgehead atoms. The molecule has 2 aromatic carbocycles. The van der Waals surface area contributed by atoms with Gasteiger partial charge in [-0.1, -0.05) is 37.3 Å². The Morgan fingerprint density at radius 2 is 1.96 bits per heavy atom. The number of nitrogens with one attached hydrogen (secondary N) is 1. The van der Waals surface area contributed by atoms with Crippen molar-refractivity contribution < 1.29 is 14.6 Å². The number of amides is 1. The van der Waals surface area contributed by atoms with E-state index in [2.05, 4.69) is 23.2 Å². The van der Waals surface area contributed by atoms with Crippen molar-refractivity contribution in [3.05, 3.63) is 60.2 Å². The molecular formula is C22H26N2O3. The van der Waals surface area contributed by atoms with E-state index in [4.69, 9.17) is 4.74 Å². The van der Waals surface area contributed by atoms with Crippen molar-refractivity contribution in [2.75, 3.05) is 31.6 Å².